The van der Waals surface area contributed by atoms with Crippen molar-refractivity contribution in [2.45, 2.75) is 19.8 Å². The van der Waals surface area contributed by atoms with Crippen LogP contribution in [0.5, 0.6) is 0 Å². The summed E-state index contributed by atoms with van der Waals surface area (Å²) in [6, 6.07) is 3.71. The Balaban J connectivity index is 0.00000529. The molecule has 0 aromatic carbocycles. The number of guanidine groups is 1. The van der Waals surface area contributed by atoms with Crippen molar-refractivity contribution >= 4 is 51.6 Å². The van der Waals surface area contributed by atoms with E-state index in [1.165, 1.54) is 0 Å². The fourth-order valence-corrected chi connectivity index (χ4v) is 2.38. The minimum atomic E-state index is -3.13. The summed E-state index contributed by atoms with van der Waals surface area (Å²) in [5.74, 6) is 0.716. The lowest BCUT2D eigenvalue weighted by atomic mass is 10.2. The first-order valence-corrected chi connectivity index (χ1v) is 9.75. The number of aromatic nitrogens is 1. The number of nitrogens with zero attached hydrogens (tertiary/aromatic N) is 2. The van der Waals surface area contributed by atoms with Gasteiger partial charge < -0.3 is 10.6 Å². The van der Waals surface area contributed by atoms with Crippen LogP contribution >= 0.6 is 35.6 Å². The maximum absolute atomic E-state index is 10.9. The molecule has 0 amide bonds. The SMILES string of the molecule is CCNC(=NCCCNS(C)(=O)=O)NCCc1ccc(Cl)nc1.I. The number of hydrogen-bond donors (Lipinski definition) is 3. The van der Waals surface area contributed by atoms with Crippen LogP contribution in [0.25, 0.3) is 0 Å². The zero-order valence-electron chi connectivity index (χ0n) is 13.9. The van der Waals surface area contributed by atoms with Crippen LogP contribution in [0, 0.1) is 0 Å². The molecule has 24 heavy (non-hydrogen) atoms. The van der Waals surface area contributed by atoms with E-state index in [2.05, 4.69) is 25.3 Å². The van der Waals surface area contributed by atoms with Gasteiger partial charge in [-0.25, -0.2) is 18.1 Å². The zero-order valence-corrected chi connectivity index (χ0v) is 17.8. The van der Waals surface area contributed by atoms with E-state index in [1.807, 2.05) is 13.0 Å². The molecule has 1 rings (SSSR count). The molecule has 0 aliphatic rings. The van der Waals surface area contributed by atoms with Gasteiger partial charge in [0.25, 0.3) is 0 Å². The van der Waals surface area contributed by atoms with Gasteiger partial charge in [-0.15, -0.1) is 24.0 Å². The molecule has 1 heterocycles. The Kier molecular flexibility index (Phi) is 12.3. The lowest BCUT2D eigenvalue weighted by Gasteiger charge is -2.11. The third-order valence-corrected chi connectivity index (χ3v) is 3.76. The molecule has 10 heteroatoms. The summed E-state index contributed by atoms with van der Waals surface area (Å²) in [6.07, 6.45) is 4.35. The average molecular weight is 490 g/mol. The minimum Gasteiger partial charge on any atom is -0.357 e. The number of pyridine rings is 1. The third kappa shape index (κ3) is 11.8. The fraction of sp³-hybridized carbons (Fsp3) is 0.571. The van der Waals surface area contributed by atoms with Crippen molar-refractivity contribution in [3.63, 3.8) is 0 Å². The normalized spacial score (nSPS) is 11.7. The van der Waals surface area contributed by atoms with Crippen LogP contribution in [0.15, 0.2) is 23.3 Å². The van der Waals surface area contributed by atoms with Crippen molar-refractivity contribution in [1.29, 1.82) is 0 Å². The van der Waals surface area contributed by atoms with Gasteiger partial charge in [0.15, 0.2) is 5.96 Å². The Morgan fingerprint density at radius 3 is 2.62 bits per heavy atom. The van der Waals surface area contributed by atoms with Gasteiger partial charge in [-0.3, -0.25) is 4.99 Å². The first-order chi connectivity index (χ1) is 10.9. The lowest BCUT2D eigenvalue weighted by Crippen LogP contribution is -2.38. The van der Waals surface area contributed by atoms with Gasteiger partial charge in [-0.2, -0.15) is 0 Å². The minimum absolute atomic E-state index is 0. The summed E-state index contributed by atoms with van der Waals surface area (Å²) in [5, 5.41) is 6.86. The van der Waals surface area contributed by atoms with Crippen LogP contribution in [-0.2, 0) is 16.4 Å². The highest BCUT2D eigenvalue weighted by Gasteiger charge is 2.00. The number of sulfonamides is 1. The van der Waals surface area contributed by atoms with E-state index in [0.717, 1.165) is 31.3 Å². The molecule has 0 saturated carbocycles. The van der Waals surface area contributed by atoms with E-state index in [-0.39, 0.29) is 24.0 Å². The molecule has 0 unspecified atom stereocenters. The van der Waals surface area contributed by atoms with Gasteiger partial charge in [-0.05, 0) is 31.4 Å². The average Bonchev–Trinajstić information content (AvgIpc) is 2.47. The van der Waals surface area contributed by atoms with E-state index in [9.17, 15) is 8.42 Å². The van der Waals surface area contributed by atoms with E-state index in [0.29, 0.717) is 30.6 Å². The largest absolute Gasteiger partial charge is 0.357 e. The number of halogens is 2. The highest BCUT2D eigenvalue weighted by molar-refractivity contribution is 14.0. The number of rotatable bonds is 9. The number of hydrogen-bond acceptors (Lipinski definition) is 4. The maximum Gasteiger partial charge on any atom is 0.208 e. The van der Waals surface area contributed by atoms with Gasteiger partial charge in [0, 0.05) is 32.4 Å². The molecule has 3 N–H and O–H groups in total. The molecule has 0 bridgehead atoms. The zero-order chi connectivity index (χ0) is 17.1. The van der Waals surface area contributed by atoms with Crippen molar-refractivity contribution in [2.24, 2.45) is 4.99 Å². The highest BCUT2D eigenvalue weighted by atomic mass is 127. The predicted octanol–water partition coefficient (Wildman–Crippen LogP) is 1.39. The first kappa shape index (κ1) is 23.4. The van der Waals surface area contributed by atoms with Crippen molar-refractivity contribution in [2.75, 3.05) is 32.4 Å². The van der Waals surface area contributed by atoms with Crippen molar-refractivity contribution in [3.05, 3.63) is 29.0 Å². The molecule has 0 saturated heterocycles. The van der Waals surface area contributed by atoms with E-state index in [1.54, 1.807) is 12.3 Å². The molecular formula is C14H25ClIN5O2S. The molecule has 7 nitrogen and oxygen atoms in total. The highest BCUT2D eigenvalue weighted by Crippen LogP contribution is 2.05. The third-order valence-electron chi connectivity index (χ3n) is 2.81. The Bertz CT molecular complexity index is 596. The summed E-state index contributed by atoms with van der Waals surface area (Å²) >= 11 is 5.75. The van der Waals surface area contributed by atoms with Crippen molar-refractivity contribution in [1.82, 2.24) is 20.3 Å². The molecule has 138 valence electrons. The summed E-state index contributed by atoms with van der Waals surface area (Å²) in [7, 11) is -3.13. The Hall–Kier alpha value is -0.650. The maximum atomic E-state index is 10.9. The van der Waals surface area contributed by atoms with Gasteiger partial charge >= 0.3 is 0 Å². The predicted molar refractivity (Wildman–Crippen MR) is 110 cm³/mol. The molecule has 0 aliphatic heterocycles. The Labute approximate surface area is 166 Å². The van der Waals surface area contributed by atoms with E-state index < -0.39 is 10.0 Å². The van der Waals surface area contributed by atoms with Gasteiger partial charge in [0.2, 0.25) is 10.0 Å². The van der Waals surface area contributed by atoms with E-state index >= 15 is 0 Å². The van der Waals surface area contributed by atoms with Crippen LogP contribution < -0.4 is 15.4 Å². The molecule has 0 radical (unpaired) electrons. The van der Waals surface area contributed by atoms with Crippen LogP contribution in [-0.4, -0.2) is 51.8 Å². The summed E-state index contributed by atoms with van der Waals surface area (Å²) in [4.78, 5) is 8.44. The van der Waals surface area contributed by atoms with E-state index in [4.69, 9.17) is 11.6 Å². The Morgan fingerprint density at radius 2 is 2.04 bits per heavy atom. The standard InChI is InChI=1S/C14H24ClN5O2S.HI/c1-3-16-14(17-8-4-9-20-23(2,21)22)18-10-7-12-5-6-13(15)19-11-12;/h5-6,11,20H,3-4,7-10H2,1-2H3,(H2,16,17,18);1H. The van der Waals surface area contributed by atoms with Crippen LogP contribution in [0.4, 0.5) is 0 Å². The molecule has 0 spiro atoms. The second kappa shape index (κ2) is 12.7. The van der Waals surface area contributed by atoms with Gasteiger partial charge in [0.1, 0.15) is 5.15 Å². The molecule has 0 fully saturated rings. The molecule has 1 aromatic rings. The molecule has 0 aliphatic carbocycles. The van der Waals surface area contributed by atoms with Crippen LogP contribution in [0.2, 0.25) is 5.15 Å². The Morgan fingerprint density at radius 1 is 1.29 bits per heavy atom. The van der Waals surface area contributed by atoms with Crippen LogP contribution in [0.1, 0.15) is 18.9 Å². The molecular weight excluding hydrogens is 465 g/mol. The smallest absolute Gasteiger partial charge is 0.208 e. The quantitative estimate of drug-likeness (QED) is 0.160. The van der Waals surface area contributed by atoms with Gasteiger partial charge in [0.05, 0.1) is 6.26 Å². The fourth-order valence-electron chi connectivity index (χ4n) is 1.75. The number of nitrogens with one attached hydrogen (secondary N) is 3. The summed E-state index contributed by atoms with van der Waals surface area (Å²) < 4.78 is 24.3. The van der Waals surface area contributed by atoms with Crippen molar-refractivity contribution in [3.8, 4) is 0 Å². The summed E-state index contributed by atoms with van der Waals surface area (Å²) in [5.41, 5.74) is 1.09. The van der Waals surface area contributed by atoms with Crippen LogP contribution in [0.3, 0.4) is 0 Å². The molecule has 1 aromatic heterocycles. The molecule has 0 atom stereocenters. The van der Waals surface area contributed by atoms with Crippen molar-refractivity contribution < 1.29 is 8.42 Å². The second-order valence-corrected chi connectivity index (χ2v) is 7.17. The lowest BCUT2D eigenvalue weighted by molar-refractivity contribution is 0.585. The first-order valence-electron chi connectivity index (χ1n) is 7.48. The summed E-state index contributed by atoms with van der Waals surface area (Å²) in [6.45, 7) is 4.40. The monoisotopic (exact) mass is 489 g/mol. The topological polar surface area (TPSA) is 95.5 Å². The van der Waals surface area contributed by atoms with Gasteiger partial charge in [-0.1, -0.05) is 17.7 Å². The number of aliphatic imine (C=N–C) groups is 1. The second-order valence-electron chi connectivity index (χ2n) is 4.95.